The van der Waals surface area contributed by atoms with Crippen LogP contribution < -0.4 is 4.74 Å². The first-order valence-electron chi connectivity index (χ1n) is 16.2. The zero-order chi connectivity index (χ0) is 27.6. The maximum absolute atomic E-state index is 5.82. The first-order chi connectivity index (χ1) is 19.0. The fourth-order valence-corrected chi connectivity index (χ4v) is 6.42. The topological polar surface area (TPSA) is 28.1 Å². The molecule has 0 bridgehead atoms. The monoisotopic (exact) mass is 533 g/mol. The highest BCUT2D eigenvalue weighted by atomic mass is 16.5. The Morgan fingerprint density at radius 3 is 2.49 bits per heavy atom. The van der Waals surface area contributed by atoms with Gasteiger partial charge >= 0.3 is 0 Å². The van der Waals surface area contributed by atoms with E-state index in [0.29, 0.717) is 12.0 Å². The molecule has 0 N–H and O–H groups in total. The number of allylic oxidation sites excluding steroid dienone is 2. The van der Waals surface area contributed by atoms with Crippen LogP contribution in [0.15, 0.2) is 46.2 Å². The minimum absolute atomic E-state index is 0.605. The van der Waals surface area contributed by atoms with Crippen molar-refractivity contribution in [2.24, 2.45) is 4.99 Å². The van der Waals surface area contributed by atoms with Crippen LogP contribution in [0.25, 0.3) is 0 Å². The average Bonchev–Trinajstić information content (AvgIpc) is 3.54. The summed E-state index contributed by atoms with van der Waals surface area (Å²) in [6.45, 7) is 16.8. The fourth-order valence-electron chi connectivity index (χ4n) is 6.42. The van der Waals surface area contributed by atoms with Crippen LogP contribution >= 0.6 is 0 Å². The molecule has 216 valence electrons. The quantitative estimate of drug-likeness (QED) is 0.211. The van der Waals surface area contributed by atoms with Gasteiger partial charge in [0.15, 0.2) is 0 Å². The van der Waals surface area contributed by atoms with E-state index < -0.39 is 0 Å². The molecule has 2 atom stereocenters. The van der Waals surface area contributed by atoms with Gasteiger partial charge in [-0.05, 0) is 100 Å². The summed E-state index contributed by atoms with van der Waals surface area (Å²) in [5.74, 6) is 1.71. The molecule has 3 aliphatic rings. The van der Waals surface area contributed by atoms with Crippen molar-refractivity contribution in [2.75, 3.05) is 32.8 Å². The zero-order valence-electron chi connectivity index (χ0n) is 25.7. The lowest BCUT2D eigenvalue weighted by molar-refractivity contribution is 0.220. The average molecular weight is 534 g/mol. The Balaban J connectivity index is 1.56. The molecular formula is C35H55N3O. The second kappa shape index (κ2) is 15.1. The lowest BCUT2D eigenvalue weighted by atomic mass is 9.89. The molecule has 39 heavy (non-hydrogen) atoms. The number of benzene rings is 1. The minimum Gasteiger partial charge on any atom is -0.493 e. The highest BCUT2D eigenvalue weighted by Gasteiger charge is 2.35. The Hall–Kier alpha value is -2.07. The van der Waals surface area contributed by atoms with Crippen LogP contribution in [0.4, 0.5) is 0 Å². The van der Waals surface area contributed by atoms with Gasteiger partial charge in [-0.15, -0.1) is 0 Å². The summed E-state index contributed by atoms with van der Waals surface area (Å²) < 4.78 is 5.82. The van der Waals surface area contributed by atoms with Crippen molar-refractivity contribution in [3.63, 3.8) is 0 Å². The van der Waals surface area contributed by atoms with Gasteiger partial charge in [0.05, 0.1) is 6.61 Å². The second-order valence-electron chi connectivity index (χ2n) is 12.4. The lowest BCUT2D eigenvalue weighted by Gasteiger charge is -2.37. The second-order valence-corrected chi connectivity index (χ2v) is 12.4. The molecule has 4 heteroatoms. The molecule has 1 aromatic rings. The number of hydrogen-bond donors (Lipinski definition) is 0. The van der Waals surface area contributed by atoms with Crippen molar-refractivity contribution in [1.29, 1.82) is 0 Å². The van der Waals surface area contributed by atoms with Crippen molar-refractivity contribution in [3.05, 3.63) is 52.4 Å². The summed E-state index contributed by atoms with van der Waals surface area (Å²) in [5.41, 5.74) is 8.99. The van der Waals surface area contributed by atoms with Crippen LogP contribution in [0.5, 0.6) is 5.75 Å². The van der Waals surface area contributed by atoms with Gasteiger partial charge in [0.25, 0.3) is 0 Å². The molecule has 0 radical (unpaired) electrons. The highest BCUT2D eigenvalue weighted by molar-refractivity contribution is 5.84. The molecule has 4 nitrogen and oxygen atoms in total. The Morgan fingerprint density at radius 2 is 1.85 bits per heavy atom. The maximum Gasteiger partial charge on any atom is 0.122 e. The lowest BCUT2D eigenvalue weighted by Crippen LogP contribution is -2.39. The van der Waals surface area contributed by atoms with Gasteiger partial charge in [-0.25, -0.2) is 0 Å². The first kappa shape index (κ1) is 29.9. The predicted octanol–water partition coefficient (Wildman–Crippen LogP) is 8.67. The van der Waals surface area contributed by atoms with Crippen LogP contribution in [-0.2, 0) is 6.42 Å². The van der Waals surface area contributed by atoms with Crippen LogP contribution in [0.2, 0.25) is 0 Å². The SMILES string of the molecule is CCCCN(CCCC)C(CN1CC(c2ccc3c(c2)CCO3)CC1CCC(CC)=NC=C(C)C)=C1CCC1. The zero-order valence-corrected chi connectivity index (χ0v) is 25.7. The van der Waals surface area contributed by atoms with Gasteiger partial charge in [0.2, 0.25) is 0 Å². The third-order valence-corrected chi connectivity index (χ3v) is 9.06. The minimum atomic E-state index is 0.605. The van der Waals surface area contributed by atoms with Gasteiger partial charge in [-0.3, -0.25) is 9.89 Å². The van der Waals surface area contributed by atoms with Gasteiger partial charge in [0.1, 0.15) is 5.75 Å². The van der Waals surface area contributed by atoms with Gasteiger partial charge < -0.3 is 9.64 Å². The molecule has 2 unspecified atom stereocenters. The van der Waals surface area contributed by atoms with Crippen LogP contribution in [0.3, 0.4) is 0 Å². The van der Waals surface area contributed by atoms with E-state index in [4.69, 9.17) is 9.73 Å². The molecule has 1 aliphatic carbocycles. The van der Waals surface area contributed by atoms with Crippen LogP contribution in [-0.4, -0.2) is 54.3 Å². The van der Waals surface area contributed by atoms with Crippen molar-refractivity contribution < 1.29 is 4.74 Å². The third-order valence-electron chi connectivity index (χ3n) is 9.06. The Morgan fingerprint density at radius 1 is 1.08 bits per heavy atom. The molecule has 1 saturated carbocycles. The fraction of sp³-hybridized carbons (Fsp3) is 0.686. The molecule has 0 spiro atoms. The van der Waals surface area contributed by atoms with E-state index in [0.717, 1.165) is 38.2 Å². The summed E-state index contributed by atoms with van der Waals surface area (Å²) in [6.07, 6.45) is 16.9. The maximum atomic E-state index is 5.82. The van der Waals surface area contributed by atoms with Gasteiger partial charge in [-0.1, -0.05) is 51.3 Å². The molecule has 2 aliphatic heterocycles. The van der Waals surface area contributed by atoms with Crippen molar-refractivity contribution in [3.8, 4) is 5.75 Å². The van der Waals surface area contributed by atoms with Gasteiger partial charge in [0, 0.05) is 56.3 Å². The number of hydrogen-bond acceptors (Lipinski definition) is 4. The van der Waals surface area contributed by atoms with Crippen LogP contribution in [0, 0.1) is 0 Å². The largest absolute Gasteiger partial charge is 0.493 e. The molecule has 2 fully saturated rings. The molecule has 2 heterocycles. The summed E-state index contributed by atoms with van der Waals surface area (Å²) in [7, 11) is 0. The molecule has 1 saturated heterocycles. The van der Waals surface area contributed by atoms with Crippen LogP contribution in [0.1, 0.15) is 122 Å². The number of unbranched alkanes of at least 4 members (excludes halogenated alkanes) is 2. The van der Waals surface area contributed by atoms with E-state index in [1.165, 1.54) is 99.8 Å². The smallest absolute Gasteiger partial charge is 0.122 e. The van der Waals surface area contributed by atoms with E-state index in [-0.39, 0.29) is 0 Å². The van der Waals surface area contributed by atoms with Crippen molar-refractivity contribution in [2.45, 2.75) is 124 Å². The van der Waals surface area contributed by atoms with E-state index in [1.54, 1.807) is 11.3 Å². The Labute approximate surface area is 239 Å². The van der Waals surface area contributed by atoms with E-state index in [2.05, 4.69) is 68.8 Å². The Bertz CT molecular complexity index is 1000. The molecular weight excluding hydrogens is 478 g/mol. The predicted molar refractivity (Wildman–Crippen MR) is 167 cm³/mol. The molecule has 4 rings (SSSR count). The summed E-state index contributed by atoms with van der Waals surface area (Å²) in [6, 6.07) is 7.65. The number of ether oxygens (including phenoxy) is 1. The Kier molecular flexibility index (Phi) is 11.6. The van der Waals surface area contributed by atoms with Crippen molar-refractivity contribution >= 4 is 5.71 Å². The standard InChI is InChI=1S/C35H55N3O/c1-6-9-19-37(20-10-7-2)34(28-12-11-13-28)26-38-25-31(29-14-17-35-30(22-29)18-21-39-35)23-33(38)16-15-32(8-3)36-24-27(4)5/h14,17,22,24,31,33H,6-13,15-16,18-21,23,25-26H2,1-5H3. The first-order valence-corrected chi connectivity index (χ1v) is 16.2. The van der Waals surface area contributed by atoms with Crippen molar-refractivity contribution in [1.82, 2.24) is 9.80 Å². The number of fused-ring (bicyclic) bond motifs is 1. The number of rotatable bonds is 15. The molecule has 0 amide bonds. The van der Waals surface area contributed by atoms with E-state index >= 15 is 0 Å². The molecule has 0 aromatic heterocycles. The summed E-state index contributed by atoms with van der Waals surface area (Å²) >= 11 is 0. The number of nitrogens with zero attached hydrogens (tertiary/aromatic N) is 3. The third kappa shape index (κ3) is 8.22. The normalized spacial score (nSPS) is 20.9. The number of aliphatic imine (C=N–C) groups is 1. The van der Waals surface area contributed by atoms with E-state index in [9.17, 15) is 0 Å². The summed E-state index contributed by atoms with van der Waals surface area (Å²) in [5, 5.41) is 0. The van der Waals surface area contributed by atoms with E-state index in [1.807, 2.05) is 0 Å². The summed E-state index contributed by atoms with van der Waals surface area (Å²) in [4.78, 5) is 10.5. The highest BCUT2D eigenvalue weighted by Crippen LogP contribution is 2.39. The number of likely N-dealkylation sites (tertiary alicyclic amines) is 1. The molecule has 1 aromatic carbocycles. The van der Waals surface area contributed by atoms with Gasteiger partial charge in [-0.2, -0.15) is 0 Å².